The van der Waals surface area contributed by atoms with Crippen molar-refractivity contribution in [3.8, 4) is 5.75 Å². The number of carbonyl (C=O) groups is 1. The molecule has 1 fully saturated rings. The van der Waals surface area contributed by atoms with Crippen LogP contribution in [0.15, 0.2) is 46.9 Å². The summed E-state index contributed by atoms with van der Waals surface area (Å²) in [5.41, 5.74) is 8.34. The van der Waals surface area contributed by atoms with Crippen molar-refractivity contribution in [3.05, 3.63) is 58.1 Å². The number of carbonyl (C=O) groups excluding carboxylic acids is 1. The Hall–Kier alpha value is -2.05. The van der Waals surface area contributed by atoms with Crippen LogP contribution in [0.4, 0.5) is 5.69 Å². The van der Waals surface area contributed by atoms with E-state index in [4.69, 9.17) is 10.5 Å². The first kappa shape index (κ1) is 20.7. The number of ether oxygens (including phenoxy) is 1. The van der Waals surface area contributed by atoms with E-state index in [0.29, 0.717) is 27.5 Å². The van der Waals surface area contributed by atoms with E-state index < -0.39 is 0 Å². The third kappa shape index (κ3) is 4.33. The lowest BCUT2D eigenvalue weighted by molar-refractivity contribution is 0.0602. The Balaban J connectivity index is 1.66. The second kappa shape index (κ2) is 8.97. The van der Waals surface area contributed by atoms with Gasteiger partial charge < -0.3 is 15.4 Å². The molecule has 1 saturated heterocycles. The predicted octanol–water partition coefficient (Wildman–Crippen LogP) is 4.34. The van der Waals surface area contributed by atoms with Crippen LogP contribution in [0.1, 0.15) is 41.7 Å². The molecule has 0 aliphatic carbocycles. The Morgan fingerprint density at radius 1 is 1.25 bits per heavy atom. The van der Waals surface area contributed by atoms with E-state index in [-0.39, 0.29) is 11.9 Å². The first-order chi connectivity index (χ1) is 13.4. The first-order valence-electron chi connectivity index (χ1n) is 9.61. The van der Waals surface area contributed by atoms with Crippen molar-refractivity contribution in [1.82, 2.24) is 9.80 Å². The fourth-order valence-corrected chi connectivity index (χ4v) is 4.21. The van der Waals surface area contributed by atoms with E-state index in [2.05, 4.69) is 52.0 Å². The number of hydrogen-bond donors (Lipinski definition) is 1. The van der Waals surface area contributed by atoms with Gasteiger partial charge in [0.05, 0.1) is 12.7 Å². The minimum absolute atomic E-state index is 0.0351. The van der Waals surface area contributed by atoms with E-state index in [1.54, 1.807) is 19.2 Å². The van der Waals surface area contributed by atoms with Crippen LogP contribution in [0.2, 0.25) is 0 Å². The summed E-state index contributed by atoms with van der Waals surface area (Å²) in [7, 11) is 3.44. The van der Waals surface area contributed by atoms with E-state index in [1.165, 1.54) is 5.56 Å². The number of likely N-dealkylation sites (tertiary alicyclic amines) is 1. The molecule has 1 amide bonds. The number of amides is 1. The van der Waals surface area contributed by atoms with Crippen molar-refractivity contribution in [2.24, 2.45) is 0 Å². The Morgan fingerprint density at radius 2 is 1.89 bits per heavy atom. The Bertz CT molecular complexity index is 820. The number of nitrogens with two attached hydrogens (primary N) is 1. The predicted molar refractivity (Wildman–Crippen MR) is 117 cm³/mol. The van der Waals surface area contributed by atoms with Gasteiger partial charge in [-0.15, -0.1) is 0 Å². The third-order valence-electron chi connectivity index (χ3n) is 5.75. The molecule has 5 nitrogen and oxygen atoms in total. The SMILES string of the molecule is COc1cc(N)c(Br)cc1C(=O)N(C)C1CCN(C(C)c2ccccc2)CC1. The molecule has 28 heavy (non-hydrogen) atoms. The van der Waals surface area contributed by atoms with Crippen LogP contribution in [0.5, 0.6) is 5.75 Å². The quantitative estimate of drug-likeness (QED) is 0.695. The highest BCUT2D eigenvalue weighted by molar-refractivity contribution is 9.10. The molecule has 0 spiro atoms. The number of nitrogens with zero attached hydrogens (tertiary/aromatic N) is 2. The van der Waals surface area contributed by atoms with E-state index in [0.717, 1.165) is 25.9 Å². The van der Waals surface area contributed by atoms with E-state index in [1.807, 2.05) is 18.0 Å². The molecule has 2 N–H and O–H groups in total. The molecule has 0 aromatic heterocycles. The van der Waals surface area contributed by atoms with Gasteiger partial charge in [0.25, 0.3) is 5.91 Å². The number of benzene rings is 2. The minimum atomic E-state index is -0.0351. The molecule has 0 radical (unpaired) electrons. The van der Waals surface area contributed by atoms with Gasteiger partial charge in [0.1, 0.15) is 5.75 Å². The smallest absolute Gasteiger partial charge is 0.257 e. The van der Waals surface area contributed by atoms with Crippen molar-refractivity contribution in [2.45, 2.75) is 31.8 Å². The van der Waals surface area contributed by atoms with Gasteiger partial charge in [-0.2, -0.15) is 0 Å². The molecule has 0 bridgehead atoms. The number of hydrogen-bond acceptors (Lipinski definition) is 4. The van der Waals surface area contributed by atoms with Gasteiger partial charge in [-0.05, 0) is 47.3 Å². The van der Waals surface area contributed by atoms with Gasteiger partial charge in [0.2, 0.25) is 0 Å². The normalized spacial score (nSPS) is 16.6. The van der Waals surface area contributed by atoms with Crippen molar-refractivity contribution in [1.29, 1.82) is 0 Å². The molecular formula is C22H28BrN3O2. The Kier molecular flexibility index (Phi) is 6.62. The van der Waals surface area contributed by atoms with Crippen LogP contribution < -0.4 is 10.5 Å². The molecule has 1 unspecified atom stereocenters. The standard InChI is InChI=1S/C22H28BrN3O2/c1-15(16-7-5-4-6-8-16)26-11-9-17(10-12-26)25(2)22(27)18-13-19(23)20(24)14-21(18)28-3/h4-8,13-15,17H,9-12,24H2,1-3H3. The highest BCUT2D eigenvalue weighted by Crippen LogP contribution is 2.31. The van der Waals surface area contributed by atoms with Gasteiger partial charge in [0, 0.05) is 48.4 Å². The summed E-state index contributed by atoms with van der Waals surface area (Å²) < 4.78 is 6.09. The summed E-state index contributed by atoms with van der Waals surface area (Å²) in [5.74, 6) is 0.472. The number of methoxy groups -OCH3 is 1. The molecule has 2 aromatic rings. The van der Waals surface area contributed by atoms with Crippen molar-refractivity contribution >= 4 is 27.5 Å². The Morgan fingerprint density at radius 3 is 2.50 bits per heavy atom. The maximum Gasteiger partial charge on any atom is 0.257 e. The summed E-state index contributed by atoms with van der Waals surface area (Å²) in [6.45, 7) is 4.20. The van der Waals surface area contributed by atoms with Crippen LogP contribution in [-0.2, 0) is 0 Å². The zero-order chi connectivity index (χ0) is 20.3. The lowest BCUT2D eigenvalue weighted by Crippen LogP contribution is -2.46. The van der Waals surface area contributed by atoms with Crippen LogP contribution >= 0.6 is 15.9 Å². The van der Waals surface area contributed by atoms with Crippen LogP contribution in [0.3, 0.4) is 0 Å². The second-order valence-corrected chi connectivity index (χ2v) is 8.20. The van der Waals surface area contributed by atoms with Gasteiger partial charge in [-0.3, -0.25) is 9.69 Å². The molecule has 2 aromatic carbocycles. The van der Waals surface area contributed by atoms with E-state index >= 15 is 0 Å². The van der Waals surface area contributed by atoms with Gasteiger partial charge in [0.15, 0.2) is 0 Å². The highest BCUT2D eigenvalue weighted by Gasteiger charge is 2.29. The Labute approximate surface area is 175 Å². The van der Waals surface area contributed by atoms with Crippen LogP contribution in [0, 0.1) is 0 Å². The zero-order valence-corrected chi connectivity index (χ0v) is 18.3. The average Bonchev–Trinajstić information content (AvgIpc) is 2.74. The molecule has 1 heterocycles. The summed E-state index contributed by atoms with van der Waals surface area (Å²) in [6.07, 6.45) is 1.91. The summed E-state index contributed by atoms with van der Waals surface area (Å²) >= 11 is 3.41. The number of anilines is 1. The summed E-state index contributed by atoms with van der Waals surface area (Å²) in [6, 6.07) is 14.6. The average molecular weight is 446 g/mol. The monoisotopic (exact) mass is 445 g/mol. The molecule has 1 aliphatic rings. The largest absolute Gasteiger partial charge is 0.496 e. The van der Waals surface area contributed by atoms with Crippen LogP contribution in [0.25, 0.3) is 0 Å². The molecule has 3 rings (SSSR count). The summed E-state index contributed by atoms with van der Waals surface area (Å²) in [5, 5.41) is 0. The number of rotatable bonds is 5. The topological polar surface area (TPSA) is 58.8 Å². The molecule has 1 atom stereocenters. The first-order valence-corrected chi connectivity index (χ1v) is 10.4. The van der Waals surface area contributed by atoms with Crippen molar-refractivity contribution in [3.63, 3.8) is 0 Å². The second-order valence-electron chi connectivity index (χ2n) is 7.34. The fraction of sp³-hybridized carbons (Fsp3) is 0.409. The molecular weight excluding hydrogens is 418 g/mol. The van der Waals surface area contributed by atoms with Gasteiger partial charge >= 0.3 is 0 Å². The highest BCUT2D eigenvalue weighted by atomic mass is 79.9. The maximum absolute atomic E-state index is 13.1. The van der Waals surface area contributed by atoms with Gasteiger partial charge in [-0.25, -0.2) is 0 Å². The maximum atomic E-state index is 13.1. The minimum Gasteiger partial charge on any atom is -0.496 e. The van der Waals surface area contributed by atoms with Crippen LogP contribution in [-0.4, -0.2) is 49.0 Å². The molecule has 0 saturated carbocycles. The van der Waals surface area contributed by atoms with Gasteiger partial charge in [-0.1, -0.05) is 30.3 Å². The number of halogens is 1. The molecule has 150 valence electrons. The van der Waals surface area contributed by atoms with Crippen molar-refractivity contribution in [2.75, 3.05) is 33.0 Å². The lowest BCUT2D eigenvalue weighted by Gasteiger charge is -2.39. The fourth-order valence-electron chi connectivity index (χ4n) is 3.86. The number of piperidine rings is 1. The molecule has 6 heteroatoms. The number of nitrogen functional groups attached to an aromatic ring is 1. The van der Waals surface area contributed by atoms with Crippen molar-refractivity contribution < 1.29 is 9.53 Å². The molecule has 1 aliphatic heterocycles. The van der Waals surface area contributed by atoms with E-state index in [9.17, 15) is 4.79 Å². The third-order valence-corrected chi connectivity index (χ3v) is 6.43. The lowest BCUT2D eigenvalue weighted by atomic mass is 9.98. The zero-order valence-electron chi connectivity index (χ0n) is 16.7. The summed E-state index contributed by atoms with van der Waals surface area (Å²) in [4.78, 5) is 17.4.